The minimum Gasteiger partial charge on any atom is -0.506 e. The molecule has 16 heavy (non-hydrogen) atoms. The fourth-order valence-electron chi connectivity index (χ4n) is 1.31. The summed E-state index contributed by atoms with van der Waals surface area (Å²) in [6.45, 7) is 2.04. The van der Waals surface area contributed by atoms with Gasteiger partial charge >= 0.3 is 0 Å². The first-order valence-electron chi connectivity index (χ1n) is 4.56. The van der Waals surface area contributed by atoms with Gasteiger partial charge in [-0.15, -0.1) is 0 Å². The fourth-order valence-corrected chi connectivity index (χ4v) is 1.55. The number of aromatic hydroxyl groups is 1. The van der Waals surface area contributed by atoms with E-state index in [-0.39, 0.29) is 22.8 Å². The SMILES string of the molecule is CCC(=NO)c1cc(Cl)c(O)c(CN)c1.O. The number of phenols is 1. The van der Waals surface area contributed by atoms with Crippen molar-refractivity contribution in [2.75, 3.05) is 0 Å². The van der Waals surface area contributed by atoms with E-state index < -0.39 is 0 Å². The van der Waals surface area contributed by atoms with Crippen molar-refractivity contribution >= 4 is 17.3 Å². The van der Waals surface area contributed by atoms with Gasteiger partial charge in [0.2, 0.25) is 0 Å². The summed E-state index contributed by atoms with van der Waals surface area (Å²) in [5, 5.41) is 21.7. The van der Waals surface area contributed by atoms with E-state index in [0.29, 0.717) is 23.3 Å². The van der Waals surface area contributed by atoms with Crippen molar-refractivity contribution in [2.24, 2.45) is 10.9 Å². The molecule has 0 radical (unpaired) electrons. The molecule has 0 atom stereocenters. The summed E-state index contributed by atoms with van der Waals surface area (Å²) in [6.07, 6.45) is 0.571. The molecule has 1 aromatic carbocycles. The number of hydrogen-bond donors (Lipinski definition) is 3. The van der Waals surface area contributed by atoms with Gasteiger partial charge in [-0.1, -0.05) is 23.7 Å². The van der Waals surface area contributed by atoms with E-state index in [2.05, 4.69) is 5.16 Å². The lowest BCUT2D eigenvalue weighted by atomic mass is 10.0. The van der Waals surface area contributed by atoms with E-state index in [1.54, 1.807) is 12.1 Å². The lowest BCUT2D eigenvalue weighted by molar-refractivity contribution is 0.318. The van der Waals surface area contributed by atoms with Crippen LogP contribution in [0.1, 0.15) is 24.5 Å². The Balaban J connectivity index is 0.00000225. The molecule has 0 aliphatic rings. The zero-order valence-electron chi connectivity index (χ0n) is 8.87. The molecule has 0 heterocycles. The third-order valence-corrected chi connectivity index (χ3v) is 2.44. The lowest BCUT2D eigenvalue weighted by Crippen LogP contribution is -2.03. The highest BCUT2D eigenvalue weighted by atomic mass is 35.5. The molecule has 0 aliphatic carbocycles. The van der Waals surface area contributed by atoms with Crippen molar-refractivity contribution in [3.05, 3.63) is 28.3 Å². The van der Waals surface area contributed by atoms with Gasteiger partial charge in [0.1, 0.15) is 5.75 Å². The molecule has 0 amide bonds. The molecule has 1 aromatic rings. The average Bonchev–Trinajstić information content (AvgIpc) is 2.24. The lowest BCUT2D eigenvalue weighted by Gasteiger charge is -2.08. The minimum absolute atomic E-state index is 0. The van der Waals surface area contributed by atoms with Crippen LogP contribution in [0.5, 0.6) is 5.75 Å². The number of nitrogens with two attached hydrogens (primary N) is 1. The zero-order chi connectivity index (χ0) is 11.4. The van der Waals surface area contributed by atoms with Crippen LogP contribution < -0.4 is 5.73 Å². The molecule has 0 unspecified atom stereocenters. The highest BCUT2D eigenvalue weighted by Gasteiger charge is 2.10. The summed E-state index contributed by atoms with van der Waals surface area (Å²) in [7, 11) is 0. The van der Waals surface area contributed by atoms with E-state index >= 15 is 0 Å². The topological polar surface area (TPSA) is 110 Å². The second-order valence-corrected chi connectivity index (χ2v) is 3.48. The van der Waals surface area contributed by atoms with Gasteiger partial charge in [0.05, 0.1) is 10.7 Å². The van der Waals surface area contributed by atoms with Gasteiger partial charge in [-0.05, 0) is 18.6 Å². The van der Waals surface area contributed by atoms with Gasteiger partial charge < -0.3 is 21.5 Å². The molecule has 90 valence electrons. The standard InChI is InChI=1S/C10H13ClN2O2.H2O/c1-2-9(13-15)6-3-7(5-12)10(14)8(11)4-6;/h3-4,14-15H,2,5,12H2,1H3;1H2. The van der Waals surface area contributed by atoms with E-state index in [0.717, 1.165) is 0 Å². The largest absolute Gasteiger partial charge is 0.506 e. The minimum atomic E-state index is -0.0173. The van der Waals surface area contributed by atoms with Gasteiger partial charge in [0, 0.05) is 17.7 Å². The summed E-state index contributed by atoms with van der Waals surface area (Å²) >= 11 is 5.81. The Bertz CT molecular complexity index is 394. The molecule has 5 nitrogen and oxygen atoms in total. The van der Waals surface area contributed by atoms with Crippen molar-refractivity contribution in [3.8, 4) is 5.75 Å². The molecule has 0 aliphatic heterocycles. The Kier molecular flexibility index (Phi) is 5.81. The van der Waals surface area contributed by atoms with Gasteiger partial charge in [-0.25, -0.2) is 0 Å². The van der Waals surface area contributed by atoms with Gasteiger partial charge in [-0.3, -0.25) is 0 Å². The Labute approximate surface area is 98.5 Å². The van der Waals surface area contributed by atoms with Crippen LogP contribution in [0.15, 0.2) is 17.3 Å². The van der Waals surface area contributed by atoms with E-state index in [9.17, 15) is 5.11 Å². The van der Waals surface area contributed by atoms with Crippen LogP contribution in [0, 0.1) is 0 Å². The van der Waals surface area contributed by atoms with Gasteiger partial charge in [-0.2, -0.15) is 0 Å². The van der Waals surface area contributed by atoms with Gasteiger partial charge in [0.25, 0.3) is 0 Å². The van der Waals surface area contributed by atoms with E-state index in [1.165, 1.54) is 0 Å². The molecule has 0 saturated heterocycles. The molecular weight excluding hydrogens is 232 g/mol. The van der Waals surface area contributed by atoms with Crippen molar-refractivity contribution in [3.63, 3.8) is 0 Å². The van der Waals surface area contributed by atoms with Crippen LogP contribution in [-0.4, -0.2) is 21.5 Å². The molecular formula is C10H15ClN2O3. The first-order chi connectivity index (χ1) is 7.13. The molecule has 0 fully saturated rings. The Morgan fingerprint density at radius 1 is 1.50 bits per heavy atom. The van der Waals surface area contributed by atoms with Crippen LogP contribution in [0.2, 0.25) is 5.02 Å². The third-order valence-electron chi connectivity index (χ3n) is 2.15. The second kappa shape index (κ2) is 6.32. The van der Waals surface area contributed by atoms with Crippen LogP contribution in [-0.2, 0) is 6.54 Å². The quantitative estimate of drug-likeness (QED) is 0.424. The number of benzene rings is 1. The second-order valence-electron chi connectivity index (χ2n) is 3.07. The third kappa shape index (κ3) is 2.85. The predicted molar refractivity (Wildman–Crippen MR) is 63.2 cm³/mol. The number of rotatable bonds is 3. The number of oxime groups is 1. The van der Waals surface area contributed by atoms with E-state index in [4.69, 9.17) is 22.5 Å². The number of phenolic OH excluding ortho intramolecular Hbond substituents is 1. The summed E-state index contributed by atoms with van der Waals surface area (Å²) in [5.41, 5.74) is 7.16. The van der Waals surface area contributed by atoms with Crippen molar-refractivity contribution in [2.45, 2.75) is 19.9 Å². The molecule has 1 rings (SSSR count). The van der Waals surface area contributed by atoms with Crippen LogP contribution in [0.25, 0.3) is 0 Å². The van der Waals surface area contributed by atoms with Crippen molar-refractivity contribution in [1.82, 2.24) is 0 Å². The molecule has 0 spiro atoms. The van der Waals surface area contributed by atoms with Crippen molar-refractivity contribution in [1.29, 1.82) is 0 Å². The monoisotopic (exact) mass is 246 g/mol. The zero-order valence-corrected chi connectivity index (χ0v) is 9.62. The summed E-state index contributed by atoms with van der Waals surface area (Å²) in [6, 6.07) is 3.22. The first kappa shape index (κ1) is 14.7. The molecule has 0 bridgehead atoms. The summed E-state index contributed by atoms with van der Waals surface area (Å²) < 4.78 is 0. The maximum atomic E-state index is 9.53. The summed E-state index contributed by atoms with van der Waals surface area (Å²) in [5.74, 6) is -0.0173. The number of nitrogens with zero attached hydrogens (tertiary/aromatic N) is 1. The van der Waals surface area contributed by atoms with Crippen LogP contribution >= 0.6 is 11.6 Å². The highest BCUT2D eigenvalue weighted by molar-refractivity contribution is 6.32. The number of hydrogen-bond acceptors (Lipinski definition) is 4. The Hall–Kier alpha value is -1.30. The maximum Gasteiger partial charge on any atom is 0.138 e. The molecule has 6 heteroatoms. The van der Waals surface area contributed by atoms with Crippen molar-refractivity contribution < 1.29 is 15.8 Å². The molecule has 0 aromatic heterocycles. The van der Waals surface area contributed by atoms with Crippen LogP contribution in [0.4, 0.5) is 0 Å². The normalized spacial score (nSPS) is 11.1. The average molecular weight is 247 g/mol. The number of halogens is 1. The first-order valence-corrected chi connectivity index (χ1v) is 4.94. The Morgan fingerprint density at radius 3 is 2.56 bits per heavy atom. The van der Waals surface area contributed by atoms with E-state index in [1.807, 2.05) is 6.92 Å². The molecule has 0 saturated carbocycles. The maximum absolute atomic E-state index is 9.53. The Morgan fingerprint density at radius 2 is 2.12 bits per heavy atom. The predicted octanol–water partition coefficient (Wildman–Crippen LogP) is 1.27. The van der Waals surface area contributed by atoms with Crippen LogP contribution in [0.3, 0.4) is 0 Å². The smallest absolute Gasteiger partial charge is 0.138 e. The molecule has 6 N–H and O–H groups in total. The van der Waals surface area contributed by atoms with Gasteiger partial charge in [0.15, 0.2) is 0 Å². The summed E-state index contributed by atoms with van der Waals surface area (Å²) in [4.78, 5) is 0. The highest BCUT2D eigenvalue weighted by Crippen LogP contribution is 2.29. The fraction of sp³-hybridized carbons (Fsp3) is 0.300.